The Labute approximate surface area is 169 Å². The molecule has 1 saturated heterocycles. The lowest BCUT2D eigenvalue weighted by Crippen LogP contribution is -2.57. The fourth-order valence-electron chi connectivity index (χ4n) is 5.16. The van der Waals surface area contributed by atoms with E-state index >= 15 is 0 Å². The molecule has 156 valence electrons. The van der Waals surface area contributed by atoms with Gasteiger partial charge in [-0.05, 0) is 31.1 Å². The predicted molar refractivity (Wildman–Crippen MR) is 100 cm³/mol. The van der Waals surface area contributed by atoms with Crippen molar-refractivity contribution in [2.24, 2.45) is 16.8 Å². The van der Waals surface area contributed by atoms with Crippen molar-refractivity contribution < 1.29 is 27.6 Å². The van der Waals surface area contributed by atoms with Crippen LogP contribution in [0.15, 0.2) is 42.3 Å². The summed E-state index contributed by atoms with van der Waals surface area (Å²) in [5.41, 5.74) is -1.54. The second-order valence-corrected chi connectivity index (χ2v) is 7.94. The largest absolute Gasteiger partial charge is 0.807 e. The van der Waals surface area contributed by atoms with Crippen LogP contribution < -0.4 is 10.0 Å². The summed E-state index contributed by atoms with van der Waals surface area (Å²) in [6.07, 6.45) is 2.41. The number of piperidine rings is 1. The van der Waals surface area contributed by atoms with Gasteiger partial charge < -0.3 is 10.0 Å². The van der Waals surface area contributed by atoms with Gasteiger partial charge in [-0.2, -0.15) is 17.7 Å². The zero-order valence-corrected chi connectivity index (χ0v) is 15.8. The molecule has 0 radical (unpaired) electrons. The van der Waals surface area contributed by atoms with Gasteiger partial charge in [0.25, 0.3) is 11.6 Å². The monoisotopic (exact) mass is 417 g/mol. The maximum Gasteiger partial charge on any atom is 0.416 e. The summed E-state index contributed by atoms with van der Waals surface area (Å²) in [6, 6.07) is 1.57. The van der Waals surface area contributed by atoms with Gasteiger partial charge in [-0.25, -0.2) is 9.78 Å². The van der Waals surface area contributed by atoms with Crippen molar-refractivity contribution in [1.82, 2.24) is 9.38 Å². The molecule has 1 amide bonds. The van der Waals surface area contributed by atoms with E-state index in [2.05, 4.69) is 16.6 Å². The number of aromatic nitrogens is 2. The molecule has 2 bridgehead atoms. The molecule has 2 unspecified atom stereocenters. The Bertz CT molecular complexity index is 1120. The highest BCUT2D eigenvalue weighted by molar-refractivity contribution is 5.97. The number of amidine groups is 1. The van der Waals surface area contributed by atoms with Gasteiger partial charge in [-0.15, -0.1) is 0 Å². The van der Waals surface area contributed by atoms with E-state index in [0.717, 1.165) is 16.7 Å². The highest BCUT2D eigenvalue weighted by Crippen LogP contribution is 2.51. The molecule has 10 heteroatoms. The van der Waals surface area contributed by atoms with E-state index in [-0.39, 0.29) is 17.7 Å². The SMILES string of the molecule is C=CC=[N+]1C(=O)C2(N=C1[O-])C1CCC2CN(c2cc(C(F)(F)F)cc3cncn23)C1. The fourth-order valence-corrected chi connectivity index (χ4v) is 5.16. The smallest absolute Gasteiger partial charge is 0.416 e. The van der Waals surface area contributed by atoms with Gasteiger partial charge in [-0.3, -0.25) is 4.40 Å². The maximum absolute atomic E-state index is 13.4. The number of rotatable bonds is 2. The average molecular weight is 417 g/mol. The average Bonchev–Trinajstić information content (AvgIpc) is 3.30. The predicted octanol–water partition coefficient (Wildman–Crippen LogP) is 1.46. The van der Waals surface area contributed by atoms with Gasteiger partial charge in [0.05, 0.1) is 23.5 Å². The number of fused-ring (bicyclic) bond motifs is 1. The van der Waals surface area contributed by atoms with E-state index in [1.54, 1.807) is 4.40 Å². The van der Waals surface area contributed by atoms with Crippen LogP contribution in [-0.4, -0.2) is 50.7 Å². The molecule has 2 fully saturated rings. The van der Waals surface area contributed by atoms with Crippen molar-refractivity contribution >= 4 is 29.5 Å². The maximum atomic E-state index is 13.4. The molecule has 7 nitrogen and oxygen atoms in total. The van der Waals surface area contributed by atoms with Gasteiger partial charge in [0.15, 0.2) is 0 Å². The number of nitrogens with zero attached hydrogens (tertiary/aromatic N) is 5. The van der Waals surface area contributed by atoms with Gasteiger partial charge in [0, 0.05) is 24.9 Å². The third-order valence-corrected chi connectivity index (χ3v) is 6.45. The first-order chi connectivity index (χ1) is 14.3. The summed E-state index contributed by atoms with van der Waals surface area (Å²) in [5.74, 6) is -0.514. The molecule has 4 heterocycles. The zero-order valence-electron chi connectivity index (χ0n) is 15.8. The van der Waals surface area contributed by atoms with Crippen LogP contribution in [-0.2, 0) is 11.0 Å². The zero-order chi connectivity index (χ0) is 21.3. The third kappa shape index (κ3) is 2.45. The Morgan fingerprint density at radius 1 is 1.27 bits per heavy atom. The Balaban J connectivity index is 1.55. The molecular weight excluding hydrogens is 399 g/mol. The van der Waals surface area contributed by atoms with Gasteiger partial charge in [0.1, 0.15) is 12.1 Å². The lowest BCUT2D eigenvalue weighted by atomic mass is 9.77. The highest BCUT2D eigenvalue weighted by Gasteiger charge is 2.68. The third-order valence-electron chi connectivity index (χ3n) is 6.45. The van der Waals surface area contributed by atoms with Gasteiger partial charge >= 0.3 is 12.1 Å². The molecule has 1 aliphatic carbocycles. The van der Waals surface area contributed by atoms with Crippen LogP contribution in [0.2, 0.25) is 0 Å². The van der Waals surface area contributed by atoms with E-state index in [1.807, 2.05) is 4.90 Å². The number of hydrogen-bond donors (Lipinski definition) is 0. The van der Waals surface area contributed by atoms with Crippen LogP contribution in [0.1, 0.15) is 18.4 Å². The minimum Gasteiger partial charge on any atom is -0.807 e. The second kappa shape index (κ2) is 6.16. The molecule has 5 rings (SSSR count). The van der Waals surface area contributed by atoms with Crippen molar-refractivity contribution in [2.75, 3.05) is 18.0 Å². The Hall–Kier alpha value is -3.17. The first-order valence-corrected chi connectivity index (χ1v) is 9.60. The molecule has 0 N–H and O–H groups in total. The number of amides is 1. The van der Waals surface area contributed by atoms with Crippen LogP contribution >= 0.6 is 0 Å². The number of anilines is 1. The molecule has 1 saturated carbocycles. The highest BCUT2D eigenvalue weighted by atomic mass is 19.4. The van der Waals surface area contributed by atoms with E-state index in [1.165, 1.54) is 24.8 Å². The van der Waals surface area contributed by atoms with E-state index in [0.29, 0.717) is 37.3 Å². The fraction of sp³-hybridized carbons (Fsp3) is 0.400. The molecular formula is C20H18F3N5O2. The minimum absolute atomic E-state index is 0.260. The number of carbonyl (C=O) groups is 1. The van der Waals surface area contributed by atoms with Crippen LogP contribution in [0.25, 0.3) is 5.52 Å². The summed E-state index contributed by atoms with van der Waals surface area (Å²) < 4.78 is 42.9. The van der Waals surface area contributed by atoms with Crippen LogP contribution in [0.4, 0.5) is 19.0 Å². The summed E-state index contributed by atoms with van der Waals surface area (Å²) in [6.45, 7) is 4.19. The van der Waals surface area contributed by atoms with Crippen LogP contribution in [0, 0.1) is 11.8 Å². The number of allylic oxidation sites excluding steroid dienone is 1. The van der Waals surface area contributed by atoms with Crippen molar-refractivity contribution in [3.05, 3.63) is 42.9 Å². The molecule has 0 aromatic carbocycles. The van der Waals surface area contributed by atoms with Gasteiger partial charge in [0.2, 0.25) is 0 Å². The summed E-state index contributed by atoms with van der Waals surface area (Å²) in [4.78, 5) is 23.2. The Morgan fingerprint density at radius 3 is 2.60 bits per heavy atom. The molecule has 30 heavy (non-hydrogen) atoms. The van der Waals surface area contributed by atoms with E-state index in [4.69, 9.17) is 0 Å². The number of pyridine rings is 1. The summed E-state index contributed by atoms with van der Waals surface area (Å²) >= 11 is 0. The molecule has 2 aliphatic heterocycles. The summed E-state index contributed by atoms with van der Waals surface area (Å²) in [7, 11) is 0. The number of halogens is 3. The van der Waals surface area contributed by atoms with Crippen molar-refractivity contribution in [3.8, 4) is 0 Å². The quantitative estimate of drug-likeness (QED) is 0.694. The molecule has 2 aromatic rings. The number of hydrogen-bond acceptors (Lipinski definition) is 5. The molecule has 2 atom stereocenters. The molecule has 2 aromatic heterocycles. The number of aliphatic imine (C=N–C) groups is 1. The molecule has 3 aliphatic rings. The van der Waals surface area contributed by atoms with Crippen molar-refractivity contribution in [1.29, 1.82) is 0 Å². The second-order valence-electron chi connectivity index (χ2n) is 7.94. The van der Waals surface area contributed by atoms with E-state index < -0.39 is 23.3 Å². The van der Waals surface area contributed by atoms with Crippen LogP contribution in [0.5, 0.6) is 0 Å². The Morgan fingerprint density at radius 2 is 1.97 bits per heavy atom. The lowest BCUT2D eigenvalue weighted by Gasteiger charge is -2.39. The van der Waals surface area contributed by atoms with Crippen molar-refractivity contribution in [2.45, 2.75) is 24.6 Å². The minimum atomic E-state index is -4.49. The topological polar surface area (TPSA) is 76.0 Å². The first-order valence-electron chi connectivity index (χ1n) is 9.60. The lowest BCUT2D eigenvalue weighted by molar-refractivity contribution is -0.426. The van der Waals surface area contributed by atoms with Crippen LogP contribution in [0.3, 0.4) is 0 Å². The number of imidazole rings is 1. The number of carbonyl (C=O) groups excluding carboxylic acids is 1. The normalized spacial score (nSPS) is 30.0. The molecule has 1 spiro atoms. The summed E-state index contributed by atoms with van der Waals surface area (Å²) in [5, 5.41) is 12.3. The van der Waals surface area contributed by atoms with Gasteiger partial charge in [-0.1, -0.05) is 11.6 Å². The van der Waals surface area contributed by atoms with E-state index in [9.17, 15) is 23.1 Å². The first kappa shape index (κ1) is 18.8. The number of alkyl halides is 3. The van der Waals surface area contributed by atoms with Crippen molar-refractivity contribution in [3.63, 3.8) is 0 Å². The Kier molecular flexibility index (Phi) is 3.87. The standard InChI is InChI=1S/C20H18F3N5O2/c1-2-5-27-17(29)19(25-18(27)30)12-3-4-13(19)10-26(9-12)16-7-14(20(21,22)23)6-15-8-24-11-28(15)16/h2,5-8,11-13H,1,3-4,9-10H2.